The van der Waals surface area contributed by atoms with Crippen molar-refractivity contribution in [2.75, 3.05) is 39.4 Å². The van der Waals surface area contributed by atoms with Gasteiger partial charge in [-0.15, -0.1) is 0 Å². The van der Waals surface area contributed by atoms with Crippen LogP contribution in [0.2, 0.25) is 0 Å². The number of aryl methyl sites for hydroxylation is 2. The number of morpholine rings is 1. The first-order valence-electron chi connectivity index (χ1n) is 11.9. The first-order chi connectivity index (χ1) is 16.3. The summed E-state index contributed by atoms with van der Waals surface area (Å²) in [5.74, 6) is -0.174. The lowest BCUT2D eigenvalue weighted by Gasteiger charge is -2.32. The van der Waals surface area contributed by atoms with Gasteiger partial charge in [-0.1, -0.05) is 42.8 Å². The van der Waals surface area contributed by atoms with Crippen LogP contribution in [0.3, 0.4) is 0 Å². The fourth-order valence-electron chi connectivity index (χ4n) is 4.63. The van der Waals surface area contributed by atoms with E-state index in [1.807, 2.05) is 38.1 Å². The number of benzene rings is 2. The summed E-state index contributed by atoms with van der Waals surface area (Å²) in [5.41, 5.74) is 2.89. The minimum Gasteiger partial charge on any atom is -0.379 e. The summed E-state index contributed by atoms with van der Waals surface area (Å²) in [7, 11) is -3.71. The zero-order valence-electron chi connectivity index (χ0n) is 19.8. The highest BCUT2D eigenvalue weighted by Crippen LogP contribution is 2.26. The van der Waals surface area contributed by atoms with Crippen LogP contribution in [0.4, 0.5) is 0 Å². The van der Waals surface area contributed by atoms with Crippen LogP contribution in [0.1, 0.15) is 51.6 Å². The molecule has 0 bridgehead atoms. The van der Waals surface area contributed by atoms with Gasteiger partial charge in [0.15, 0.2) is 5.78 Å². The molecular formula is C26H32N2O5S. The Hall–Kier alpha value is -2.55. The molecule has 0 aliphatic carbocycles. The van der Waals surface area contributed by atoms with Gasteiger partial charge in [0.2, 0.25) is 10.0 Å². The molecular weight excluding hydrogens is 452 g/mol. The number of ketones is 1. The largest absolute Gasteiger partial charge is 0.379 e. The summed E-state index contributed by atoms with van der Waals surface area (Å²) in [6.07, 6.45) is 1.76. The summed E-state index contributed by atoms with van der Waals surface area (Å²) in [6.45, 7) is 6.21. The maximum absolute atomic E-state index is 13.3. The number of sulfonamides is 1. The predicted molar refractivity (Wildman–Crippen MR) is 130 cm³/mol. The quantitative estimate of drug-likeness (QED) is 0.588. The molecule has 2 fully saturated rings. The number of ether oxygens (including phenoxy) is 1. The van der Waals surface area contributed by atoms with E-state index in [1.54, 1.807) is 17.0 Å². The van der Waals surface area contributed by atoms with Crippen LogP contribution in [-0.4, -0.2) is 68.7 Å². The molecule has 182 valence electrons. The lowest BCUT2D eigenvalue weighted by Crippen LogP contribution is -2.41. The molecule has 1 amide bonds. The molecule has 2 aromatic carbocycles. The van der Waals surface area contributed by atoms with E-state index in [2.05, 4.69) is 0 Å². The molecule has 2 aromatic rings. The van der Waals surface area contributed by atoms with Crippen molar-refractivity contribution in [3.05, 3.63) is 64.7 Å². The molecule has 7 nitrogen and oxygen atoms in total. The van der Waals surface area contributed by atoms with Gasteiger partial charge < -0.3 is 9.64 Å². The average molecular weight is 485 g/mol. The van der Waals surface area contributed by atoms with Gasteiger partial charge in [-0.05, 0) is 43.9 Å². The van der Waals surface area contributed by atoms with Crippen LogP contribution < -0.4 is 0 Å². The molecule has 0 aromatic heterocycles. The number of piperidine rings is 1. The Morgan fingerprint density at radius 2 is 1.56 bits per heavy atom. The van der Waals surface area contributed by atoms with Crippen molar-refractivity contribution in [3.63, 3.8) is 0 Å². The SMILES string of the molecule is CCc1ccc(C(=O)N2CCC(C(=O)c3ccc(C)cc3)CC2)cc1S(=O)(=O)N1CCOCC1. The molecule has 2 saturated heterocycles. The monoisotopic (exact) mass is 484 g/mol. The summed E-state index contributed by atoms with van der Waals surface area (Å²) < 4.78 is 33.3. The highest BCUT2D eigenvalue weighted by Gasteiger charge is 2.31. The zero-order chi connectivity index (χ0) is 24.3. The van der Waals surface area contributed by atoms with Crippen LogP contribution in [0, 0.1) is 12.8 Å². The molecule has 0 unspecified atom stereocenters. The van der Waals surface area contributed by atoms with Crippen LogP contribution in [0.25, 0.3) is 0 Å². The Morgan fingerprint density at radius 3 is 2.18 bits per heavy atom. The molecule has 2 aliphatic rings. The van der Waals surface area contributed by atoms with E-state index < -0.39 is 10.0 Å². The third kappa shape index (κ3) is 5.09. The number of amides is 1. The van der Waals surface area contributed by atoms with Crippen molar-refractivity contribution in [3.8, 4) is 0 Å². The second-order valence-electron chi connectivity index (χ2n) is 8.99. The number of hydrogen-bond donors (Lipinski definition) is 0. The highest BCUT2D eigenvalue weighted by molar-refractivity contribution is 7.89. The summed E-state index contributed by atoms with van der Waals surface area (Å²) in [4.78, 5) is 28.0. The van der Waals surface area contributed by atoms with E-state index in [4.69, 9.17) is 4.74 Å². The molecule has 4 rings (SSSR count). The minimum atomic E-state index is -3.71. The fourth-order valence-corrected chi connectivity index (χ4v) is 6.35. The molecule has 34 heavy (non-hydrogen) atoms. The lowest BCUT2D eigenvalue weighted by molar-refractivity contribution is 0.0650. The third-order valence-corrected chi connectivity index (χ3v) is 8.75. The Morgan fingerprint density at radius 1 is 0.941 bits per heavy atom. The van der Waals surface area contributed by atoms with Crippen molar-refractivity contribution in [2.24, 2.45) is 5.92 Å². The van der Waals surface area contributed by atoms with E-state index in [-0.39, 0.29) is 22.5 Å². The molecule has 0 N–H and O–H groups in total. The molecule has 2 aliphatic heterocycles. The van der Waals surface area contributed by atoms with Crippen LogP contribution in [-0.2, 0) is 21.2 Å². The second-order valence-corrected chi connectivity index (χ2v) is 10.9. The van der Waals surface area contributed by atoms with E-state index in [0.29, 0.717) is 75.3 Å². The number of Topliss-reactive ketones (excluding diaryl/α,β-unsaturated/α-hetero) is 1. The third-order valence-electron chi connectivity index (χ3n) is 6.77. The van der Waals surface area contributed by atoms with E-state index in [0.717, 1.165) is 5.56 Å². The Labute approximate surface area is 201 Å². The predicted octanol–water partition coefficient (Wildman–Crippen LogP) is 3.31. The molecule has 0 saturated carbocycles. The standard InChI is InChI=1S/C26H32N2O5S/c1-3-20-8-9-23(18-24(20)34(31,32)28-14-16-33-17-15-28)26(30)27-12-10-22(11-13-27)25(29)21-6-4-19(2)5-7-21/h4-9,18,22H,3,10-17H2,1-2H3. The maximum Gasteiger partial charge on any atom is 0.253 e. The Balaban J connectivity index is 1.48. The van der Waals surface area contributed by atoms with Crippen molar-refractivity contribution in [1.29, 1.82) is 0 Å². The Kier molecular flexibility index (Phi) is 7.50. The molecule has 2 heterocycles. The van der Waals surface area contributed by atoms with Gasteiger partial charge in [-0.3, -0.25) is 9.59 Å². The van der Waals surface area contributed by atoms with Gasteiger partial charge in [0, 0.05) is 43.2 Å². The molecule has 8 heteroatoms. The molecule has 0 atom stereocenters. The number of hydrogen-bond acceptors (Lipinski definition) is 5. The van der Waals surface area contributed by atoms with Gasteiger partial charge in [-0.25, -0.2) is 8.42 Å². The van der Waals surface area contributed by atoms with Crippen molar-refractivity contribution >= 4 is 21.7 Å². The maximum atomic E-state index is 13.3. The Bertz CT molecular complexity index is 1150. The van der Waals surface area contributed by atoms with E-state index in [1.165, 1.54) is 10.4 Å². The van der Waals surface area contributed by atoms with Gasteiger partial charge >= 0.3 is 0 Å². The van der Waals surface area contributed by atoms with Crippen molar-refractivity contribution in [1.82, 2.24) is 9.21 Å². The number of carbonyl (C=O) groups is 2. The van der Waals surface area contributed by atoms with Crippen molar-refractivity contribution < 1.29 is 22.7 Å². The topological polar surface area (TPSA) is 84.0 Å². The van der Waals surface area contributed by atoms with Crippen LogP contribution in [0.5, 0.6) is 0 Å². The second kappa shape index (κ2) is 10.4. The summed E-state index contributed by atoms with van der Waals surface area (Å²) in [6, 6.07) is 12.6. The smallest absolute Gasteiger partial charge is 0.253 e. The molecule has 0 spiro atoms. The zero-order valence-corrected chi connectivity index (χ0v) is 20.6. The molecule has 0 radical (unpaired) electrons. The first kappa shape index (κ1) is 24.6. The number of rotatable bonds is 6. The number of likely N-dealkylation sites (tertiary alicyclic amines) is 1. The normalized spacial score (nSPS) is 18.1. The highest BCUT2D eigenvalue weighted by atomic mass is 32.2. The minimum absolute atomic E-state index is 0.105. The fraction of sp³-hybridized carbons (Fsp3) is 0.462. The van der Waals surface area contributed by atoms with Gasteiger partial charge in [0.25, 0.3) is 5.91 Å². The van der Waals surface area contributed by atoms with E-state index >= 15 is 0 Å². The van der Waals surface area contributed by atoms with Crippen molar-refractivity contribution in [2.45, 2.75) is 38.0 Å². The van der Waals surface area contributed by atoms with Gasteiger partial charge in [0.1, 0.15) is 0 Å². The van der Waals surface area contributed by atoms with Gasteiger partial charge in [-0.2, -0.15) is 4.31 Å². The summed E-state index contributed by atoms with van der Waals surface area (Å²) >= 11 is 0. The van der Waals surface area contributed by atoms with Gasteiger partial charge in [0.05, 0.1) is 18.1 Å². The average Bonchev–Trinajstić information content (AvgIpc) is 2.88. The summed E-state index contributed by atoms with van der Waals surface area (Å²) in [5, 5.41) is 0. The van der Waals surface area contributed by atoms with E-state index in [9.17, 15) is 18.0 Å². The van der Waals surface area contributed by atoms with Crippen LogP contribution >= 0.6 is 0 Å². The number of carbonyl (C=O) groups excluding carboxylic acids is 2. The lowest BCUT2D eigenvalue weighted by atomic mass is 9.88. The first-order valence-corrected chi connectivity index (χ1v) is 13.4. The number of nitrogens with zero attached hydrogens (tertiary/aromatic N) is 2. The van der Waals surface area contributed by atoms with Crippen LogP contribution in [0.15, 0.2) is 47.4 Å².